The minimum Gasteiger partial charge on any atom is -0.457 e. The first-order chi connectivity index (χ1) is 20.5. The number of methoxy groups -OCH3 is 1. The number of carbonyl (C=O) groups excluding carboxylic acids is 2. The zero-order chi connectivity index (χ0) is 32.4. The van der Waals surface area contributed by atoms with E-state index in [2.05, 4.69) is 64.0 Å². The Kier molecular flexibility index (Phi) is 8.92. The Labute approximate surface area is 262 Å². The maximum atomic E-state index is 13.7. The van der Waals surface area contributed by atoms with Gasteiger partial charge in [0.1, 0.15) is 29.6 Å². The normalized spacial score (nSPS) is 40.8. The molecule has 244 valence electrons. The van der Waals surface area contributed by atoms with E-state index in [0.29, 0.717) is 12.1 Å². The molecule has 1 saturated heterocycles. The molecule has 1 aromatic rings. The van der Waals surface area contributed by atoms with Crippen molar-refractivity contribution in [1.29, 1.82) is 0 Å². The summed E-state index contributed by atoms with van der Waals surface area (Å²) in [5.74, 6) is -2.20. The number of carbonyl (C=O) groups is 2. The van der Waals surface area contributed by atoms with Gasteiger partial charge < -0.3 is 33.5 Å². The summed E-state index contributed by atoms with van der Waals surface area (Å²) in [6.07, 6.45) is 4.65. The molecule has 0 radical (unpaired) electrons. The maximum Gasteiger partial charge on any atom is 0.355 e. The highest BCUT2D eigenvalue weighted by Gasteiger charge is 2.69. The lowest BCUT2D eigenvalue weighted by molar-refractivity contribution is -0.171. The first-order valence-corrected chi connectivity index (χ1v) is 18.9. The van der Waals surface area contributed by atoms with Crippen LogP contribution in [-0.2, 0) is 28.2 Å². The second-order valence-electron chi connectivity index (χ2n) is 14.9. The summed E-state index contributed by atoms with van der Waals surface area (Å²) in [5, 5.41) is 11.9. The van der Waals surface area contributed by atoms with Crippen molar-refractivity contribution in [2.24, 2.45) is 29.6 Å². The third kappa shape index (κ3) is 5.44. The summed E-state index contributed by atoms with van der Waals surface area (Å²) in [6, 6.07) is 3.42. The lowest BCUT2D eigenvalue weighted by atomic mass is 9.57. The van der Waals surface area contributed by atoms with Gasteiger partial charge in [0, 0.05) is 42.9 Å². The highest BCUT2D eigenvalue weighted by molar-refractivity contribution is 6.74. The number of aromatic amines is 1. The number of aliphatic hydroxyl groups is 1. The summed E-state index contributed by atoms with van der Waals surface area (Å²) < 4.78 is 31.9. The van der Waals surface area contributed by atoms with Crippen LogP contribution in [0.5, 0.6) is 0 Å². The lowest BCUT2D eigenvalue weighted by Gasteiger charge is -2.49. The van der Waals surface area contributed by atoms with Gasteiger partial charge >= 0.3 is 11.9 Å². The van der Waals surface area contributed by atoms with Gasteiger partial charge in [0.05, 0.1) is 12.2 Å². The van der Waals surface area contributed by atoms with Gasteiger partial charge in [-0.1, -0.05) is 52.8 Å². The van der Waals surface area contributed by atoms with Crippen LogP contribution >= 0.6 is 0 Å². The summed E-state index contributed by atoms with van der Waals surface area (Å²) >= 11 is 0. The van der Waals surface area contributed by atoms with Crippen LogP contribution in [0.4, 0.5) is 0 Å². The van der Waals surface area contributed by atoms with E-state index in [4.69, 9.17) is 23.4 Å². The van der Waals surface area contributed by atoms with Crippen molar-refractivity contribution in [1.82, 2.24) is 4.98 Å². The number of aromatic nitrogens is 1. The monoisotopic (exact) mass is 629 g/mol. The van der Waals surface area contributed by atoms with Crippen LogP contribution in [0.15, 0.2) is 42.1 Å². The highest BCUT2D eigenvalue weighted by atomic mass is 28.4. The van der Waals surface area contributed by atoms with Crippen molar-refractivity contribution in [3.05, 3.63) is 47.8 Å². The number of hydrogen-bond donors (Lipinski definition) is 2. The fourth-order valence-corrected chi connectivity index (χ4v) is 9.26. The Bertz CT molecular complexity index is 1280. The molecule has 1 unspecified atom stereocenters. The van der Waals surface area contributed by atoms with Crippen molar-refractivity contribution < 1.29 is 38.1 Å². The number of esters is 2. The molecule has 9 nitrogen and oxygen atoms in total. The fraction of sp³-hybridized carbons (Fsp3) is 0.706. The minimum atomic E-state index is -2.17. The van der Waals surface area contributed by atoms with Crippen LogP contribution in [0.25, 0.3) is 0 Å². The number of hydrogen-bond acceptors (Lipinski definition) is 8. The van der Waals surface area contributed by atoms with E-state index in [-0.39, 0.29) is 40.7 Å². The molecule has 44 heavy (non-hydrogen) atoms. The smallest absolute Gasteiger partial charge is 0.355 e. The molecule has 2 fully saturated rings. The summed E-state index contributed by atoms with van der Waals surface area (Å²) in [7, 11) is -0.645. The maximum absolute atomic E-state index is 13.7. The van der Waals surface area contributed by atoms with Gasteiger partial charge in [0.15, 0.2) is 14.4 Å². The third-order valence-electron chi connectivity index (χ3n) is 11.2. The summed E-state index contributed by atoms with van der Waals surface area (Å²) in [5.41, 5.74) is 0.408. The largest absolute Gasteiger partial charge is 0.457 e. The fourth-order valence-electron chi connectivity index (χ4n) is 7.84. The molecule has 5 rings (SSSR count). The van der Waals surface area contributed by atoms with E-state index in [0.717, 1.165) is 5.57 Å². The van der Waals surface area contributed by atoms with Crippen molar-refractivity contribution in [2.45, 2.75) is 115 Å². The average Bonchev–Trinajstić information content (AvgIpc) is 3.54. The SMILES string of the molecule is CO[C@H]1CC2C=C[C@H]3[C@@H]4O[C@]2(/C(C)=C\[C@@H](C)[C@@H]([C@@H](C)O[Si](C)(C)C(C)(C)C)OC1=O)[C@@H]3[C@H](O)[C@@H](C)[C@H]4OC(=O)c1ccc[nH]1. The minimum absolute atomic E-state index is 0.0101. The second-order valence-corrected chi connectivity index (χ2v) is 19.7. The standard InChI is InChI=1S/C34H51NO8Si/c1-18-16-19(2)34-22(17-25(39-8)32(38)40-28(18)21(4)43-44(9,10)33(5,6)7)13-14-23-26(34)27(36)20(3)29(30(23)42-34)41-31(37)24-12-11-15-35-24/h11-16,18,20-23,25-30,35-36H,17H2,1-10H3/b19-16-/t18-,20-,21-,22?,23-,25+,26+,27-,28+,29-,30+,34+/m1/s1. The predicted molar refractivity (Wildman–Crippen MR) is 168 cm³/mol. The molecule has 12 atom stereocenters. The Morgan fingerprint density at radius 3 is 2.55 bits per heavy atom. The number of rotatable bonds is 6. The molecule has 1 aromatic heterocycles. The van der Waals surface area contributed by atoms with E-state index >= 15 is 0 Å². The number of H-pyrrole nitrogens is 1. The van der Waals surface area contributed by atoms with Gasteiger partial charge in [0.2, 0.25) is 0 Å². The van der Waals surface area contributed by atoms with E-state index in [1.807, 2.05) is 20.8 Å². The summed E-state index contributed by atoms with van der Waals surface area (Å²) in [6.45, 7) is 19.0. The molecular weight excluding hydrogens is 578 g/mol. The van der Waals surface area contributed by atoms with E-state index in [1.54, 1.807) is 18.3 Å². The zero-order valence-electron chi connectivity index (χ0n) is 27.8. The Morgan fingerprint density at radius 1 is 1.23 bits per heavy atom. The molecule has 4 aliphatic rings. The van der Waals surface area contributed by atoms with Crippen LogP contribution in [-0.4, -0.2) is 79.7 Å². The van der Waals surface area contributed by atoms with Gasteiger partial charge in [0.25, 0.3) is 0 Å². The third-order valence-corrected chi connectivity index (χ3v) is 15.8. The molecule has 10 heteroatoms. The first kappa shape index (κ1) is 33.1. The topological polar surface area (TPSA) is 116 Å². The number of aliphatic hydroxyl groups excluding tert-OH is 1. The van der Waals surface area contributed by atoms with E-state index in [9.17, 15) is 14.7 Å². The molecule has 0 aromatic carbocycles. The quantitative estimate of drug-likeness (QED) is 0.243. The molecular formula is C34H51NO8Si. The predicted octanol–water partition coefficient (Wildman–Crippen LogP) is 5.43. The van der Waals surface area contributed by atoms with E-state index < -0.39 is 56.4 Å². The molecule has 4 bridgehead atoms. The molecule has 3 heterocycles. The Balaban J connectivity index is 1.54. The molecule has 2 N–H and O–H groups in total. The highest BCUT2D eigenvalue weighted by Crippen LogP contribution is 2.61. The van der Waals surface area contributed by atoms with E-state index in [1.165, 1.54) is 7.11 Å². The Morgan fingerprint density at radius 2 is 1.93 bits per heavy atom. The summed E-state index contributed by atoms with van der Waals surface area (Å²) in [4.78, 5) is 29.6. The van der Waals surface area contributed by atoms with Gasteiger partial charge in [-0.25, -0.2) is 9.59 Å². The van der Waals surface area contributed by atoms with Crippen LogP contribution in [0.3, 0.4) is 0 Å². The number of cyclic esters (lactones) is 1. The van der Waals surface area contributed by atoms with Gasteiger partial charge in [-0.15, -0.1) is 0 Å². The van der Waals surface area contributed by atoms with Gasteiger partial charge in [-0.2, -0.15) is 0 Å². The van der Waals surface area contributed by atoms with Crippen molar-refractivity contribution in [3.63, 3.8) is 0 Å². The molecule has 0 amide bonds. The van der Waals surface area contributed by atoms with Gasteiger partial charge in [-0.05, 0) is 56.1 Å². The Hall–Kier alpha value is -2.24. The van der Waals surface area contributed by atoms with Crippen LogP contribution in [0.2, 0.25) is 18.1 Å². The van der Waals surface area contributed by atoms with Crippen molar-refractivity contribution in [3.8, 4) is 0 Å². The molecule has 1 saturated carbocycles. The van der Waals surface area contributed by atoms with Gasteiger partial charge in [-0.3, -0.25) is 0 Å². The second kappa shape index (κ2) is 11.8. The lowest BCUT2D eigenvalue weighted by Crippen LogP contribution is -2.57. The number of nitrogens with one attached hydrogen (secondary N) is 1. The number of ether oxygens (including phenoxy) is 4. The first-order valence-electron chi connectivity index (χ1n) is 16.0. The van der Waals surface area contributed by atoms with Crippen molar-refractivity contribution in [2.75, 3.05) is 7.11 Å². The average molecular weight is 630 g/mol. The molecule has 1 spiro atoms. The van der Waals surface area contributed by atoms with Crippen molar-refractivity contribution >= 4 is 20.3 Å². The van der Waals surface area contributed by atoms with Crippen LogP contribution in [0, 0.1) is 29.6 Å². The molecule has 2 aliphatic carbocycles. The molecule has 2 aliphatic heterocycles. The van der Waals surface area contributed by atoms with Crippen LogP contribution < -0.4 is 0 Å². The zero-order valence-corrected chi connectivity index (χ0v) is 28.8. The van der Waals surface area contributed by atoms with Crippen LogP contribution in [0.1, 0.15) is 65.4 Å².